The SMILES string of the molecule is c1ccc2c(c1)oc1c(-c3cccc4c3oc3c4cc4ccc5c6oc7c(-c8cccc9c8oc8ccccc89)cccc7c6cc6ccc3c4c65)cccc12. The van der Waals surface area contributed by atoms with Gasteiger partial charge in [-0.2, -0.15) is 0 Å². The molecule has 0 aliphatic heterocycles. The highest BCUT2D eigenvalue weighted by Gasteiger charge is 2.23. The highest BCUT2D eigenvalue weighted by atomic mass is 16.3. The average Bonchev–Trinajstić information content (AvgIpc) is 4.02. The van der Waals surface area contributed by atoms with Gasteiger partial charge in [0.25, 0.3) is 0 Å². The molecule has 14 rings (SSSR count). The van der Waals surface area contributed by atoms with Crippen LogP contribution in [0.5, 0.6) is 0 Å². The molecular formula is C52H26O4. The lowest BCUT2D eigenvalue weighted by atomic mass is 9.91. The largest absolute Gasteiger partial charge is 0.455 e. The summed E-state index contributed by atoms with van der Waals surface area (Å²) in [6.45, 7) is 0. The van der Waals surface area contributed by atoms with Gasteiger partial charge in [0.15, 0.2) is 0 Å². The smallest absolute Gasteiger partial charge is 0.143 e. The summed E-state index contributed by atoms with van der Waals surface area (Å²) in [5, 5.41) is 15.7. The molecule has 0 N–H and O–H groups in total. The van der Waals surface area contributed by atoms with Gasteiger partial charge in [-0.25, -0.2) is 0 Å². The van der Waals surface area contributed by atoms with Crippen LogP contribution in [0.25, 0.3) is 142 Å². The summed E-state index contributed by atoms with van der Waals surface area (Å²) in [4.78, 5) is 0. The van der Waals surface area contributed by atoms with Crippen molar-refractivity contribution in [3.63, 3.8) is 0 Å². The van der Waals surface area contributed by atoms with Gasteiger partial charge in [-0.05, 0) is 47.2 Å². The van der Waals surface area contributed by atoms with Crippen molar-refractivity contribution in [1.82, 2.24) is 0 Å². The van der Waals surface area contributed by atoms with E-state index in [1.165, 1.54) is 21.5 Å². The molecule has 4 heterocycles. The topological polar surface area (TPSA) is 52.6 Å². The monoisotopic (exact) mass is 714 g/mol. The summed E-state index contributed by atoms with van der Waals surface area (Å²) in [6, 6.07) is 55.6. The third-order valence-corrected chi connectivity index (χ3v) is 12.2. The second-order valence-corrected chi connectivity index (χ2v) is 15.1. The van der Waals surface area contributed by atoms with Crippen LogP contribution < -0.4 is 0 Å². The van der Waals surface area contributed by atoms with E-state index in [9.17, 15) is 0 Å². The molecule has 56 heavy (non-hydrogen) atoms. The Morgan fingerprint density at radius 3 is 1.02 bits per heavy atom. The number of hydrogen-bond donors (Lipinski definition) is 0. The second kappa shape index (κ2) is 10.1. The highest BCUT2D eigenvalue weighted by molar-refractivity contribution is 6.35. The Balaban J connectivity index is 1.02. The van der Waals surface area contributed by atoms with Crippen molar-refractivity contribution in [3.05, 3.63) is 158 Å². The molecule has 258 valence electrons. The first-order valence-electron chi connectivity index (χ1n) is 19.0. The Morgan fingerprint density at radius 1 is 0.232 bits per heavy atom. The van der Waals surface area contributed by atoms with Crippen molar-refractivity contribution in [1.29, 1.82) is 0 Å². The van der Waals surface area contributed by atoms with Crippen molar-refractivity contribution in [3.8, 4) is 22.3 Å². The van der Waals surface area contributed by atoms with E-state index in [4.69, 9.17) is 17.7 Å². The zero-order chi connectivity index (χ0) is 36.2. The van der Waals surface area contributed by atoms with Crippen LogP contribution in [0.4, 0.5) is 0 Å². The minimum absolute atomic E-state index is 0.859. The Labute approximate surface area is 316 Å². The molecule has 0 amide bonds. The summed E-state index contributed by atoms with van der Waals surface area (Å²) >= 11 is 0. The lowest BCUT2D eigenvalue weighted by molar-refractivity contribution is 0.666. The van der Waals surface area contributed by atoms with E-state index in [0.29, 0.717) is 0 Å². The Hall–Kier alpha value is -7.56. The van der Waals surface area contributed by atoms with E-state index in [0.717, 1.165) is 121 Å². The zero-order valence-electron chi connectivity index (χ0n) is 29.6. The maximum absolute atomic E-state index is 7.00. The average molecular weight is 715 g/mol. The summed E-state index contributed by atoms with van der Waals surface area (Å²) in [5.41, 5.74) is 11.1. The first-order chi connectivity index (χ1) is 27.8. The van der Waals surface area contributed by atoms with Gasteiger partial charge >= 0.3 is 0 Å². The molecule has 0 aliphatic carbocycles. The fraction of sp³-hybridized carbons (Fsp3) is 0. The number of para-hydroxylation sites is 6. The van der Waals surface area contributed by atoms with Crippen LogP contribution in [0.3, 0.4) is 0 Å². The van der Waals surface area contributed by atoms with Gasteiger partial charge in [0.1, 0.15) is 44.7 Å². The third-order valence-electron chi connectivity index (χ3n) is 12.2. The summed E-state index contributed by atoms with van der Waals surface area (Å²) in [6.07, 6.45) is 0. The van der Waals surface area contributed by atoms with E-state index in [-0.39, 0.29) is 0 Å². The minimum Gasteiger partial charge on any atom is -0.455 e. The molecule has 0 fully saturated rings. The Kier molecular flexibility index (Phi) is 5.23. The van der Waals surface area contributed by atoms with Crippen molar-refractivity contribution in [2.24, 2.45) is 0 Å². The van der Waals surface area contributed by atoms with Crippen LogP contribution in [-0.2, 0) is 0 Å². The molecule has 0 aliphatic rings. The van der Waals surface area contributed by atoms with Crippen molar-refractivity contribution < 1.29 is 17.7 Å². The molecule has 14 aromatic rings. The lowest BCUT2D eigenvalue weighted by Crippen LogP contribution is -1.85. The van der Waals surface area contributed by atoms with Gasteiger partial charge < -0.3 is 17.7 Å². The number of rotatable bonds is 2. The third kappa shape index (κ3) is 3.55. The molecule has 0 radical (unpaired) electrons. The predicted molar refractivity (Wildman–Crippen MR) is 230 cm³/mol. The van der Waals surface area contributed by atoms with Crippen LogP contribution in [-0.4, -0.2) is 0 Å². The number of benzene rings is 10. The fourth-order valence-corrected chi connectivity index (χ4v) is 9.78. The molecular weight excluding hydrogens is 689 g/mol. The van der Waals surface area contributed by atoms with Gasteiger partial charge in [-0.3, -0.25) is 0 Å². The Bertz CT molecular complexity index is 3740. The van der Waals surface area contributed by atoms with Gasteiger partial charge in [0.2, 0.25) is 0 Å². The van der Waals surface area contributed by atoms with Gasteiger partial charge in [-0.1, -0.05) is 121 Å². The highest BCUT2D eigenvalue weighted by Crippen LogP contribution is 2.48. The lowest BCUT2D eigenvalue weighted by Gasteiger charge is -2.11. The van der Waals surface area contributed by atoms with E-state index in [1.807, 2.05) is 24.3 Å². The van der Waals surface area contributed by atoms with E-state index >= 15 is 0 Å². The standard InChI is InChI=1S/C52H26O4/c1-3-19-43-29(9-1)31-11-5-13-33(47(31)53-43)35-15-7-17-37-41-25-27-22-24-40-46-28(21-23-39(45(27)46)51(41)55-49(35)37)26-42-38-18-8-16-36(50(38)56-52(40)42)34-14-6-12-32-30-10-2-4-20-44(30)54-48(32)34/h1-26H. The molecule has 4 nitrogen and oxygen atoms in total. The number of furan rings is 4. The maximum atomic E-state index is 7.00. The molecule has 0 spiro atoms. The maximum Gasteiger partial charge on any atom is 0.143 e. The quantitative estimate of drug-likeness (QED) is 0.167. The molecule has 10 aromatic carbocycles. The normalized spacial score (nSPS) is 12.6. The first-order valence-corrected chi connectivity index (χ1v) is 19.0. The molecule has 4 aromatic heterocycles. The molecule has 0 saturated heterocycles. The molecule has 0 saturated carbocycles. The summed E-state index contributed by atoms with van der Waals surface area (Å²) in [5.74, 6) is 0. The molecule has 4 heteroatoms. The molecule has 0 atom stereocenters. The Morgan fingerprint density at radius 2 is 0.589 bits per heavy atom. The first kappa shape index (κ1) is 28.9. The predicted octanol–water partition coefficient (Wildman–Crippen LogP) is 15.5. The van der Waals surface area contributed by atoms with E-state index in [1.54, 1.807) is 0 Å². The van der Waals surface area contributed by atoms with Gasteiger partial charge in [-0.15, -0.1) is 0 Å². The van der Waals surface area contributed by atoms with Crippen molar-refractivity contribution in [2.45, 2.75) is 0 Å². The van der Waals surface area contributed by atoms with Crippen LogP contribution in [0.2, 0.25) is 0 Å². The van der Waals surface area contributed by atoms with Crippen LogP contribution >= 0.6 is 0 Å². The van der Waals surface area contributed by atoms with Crippen LogP contribution in [0.1, 0.15) is 0 Å². The second-order valence-electron chi connectivity index (χ2n) is 15.1. The van der Waals surface area contributed by atoms with Crippen molar-refractivity contribution >= 4 is 120 Å². The molecule has 0 bridgehead atoms. The fourth-order valence-electron chi connectivity index (χ4n) is 9.78. The van der Waals surface area contributed by atoms with Crippen molar-refractivity contribution in [2.75, 3.05) is 0 Å². The van der Waals surface area contributed by atoms with E-state index < -0.39 is 0 Å². The number of fused-ring (bicyclic) bond motifs is 14. The van der Waals surface area contributed by atoms with E-state index in [2.05, 4.69) is 133 Å². The van der Waals surface area contributed by atoms with Gasteiger partial charge in [0.05, 0.1) is 0 Å². The van der Waals surface area contributed by atoms with Gasteiger partial charge in [0, 0.05) is 86.9 Å². The number of hydrogen-bond acceptors (Lipinski definition) is 4. The van der Waals surface area contributed by atoms with Crippen LogP contribution in [0.15, 0.2) is 175 Å². The van der Waals surface area contributed by atoms with Crippen LogP contribution in [0, 0.1) is 0 Å². The summed E-state index contributed by atoms with van der Waals surface area (Å²) < 4.78 is 27.0. The zero-order valence-corrected chi connectivity index (χ0v) is 29.6. The summed E-state index contributed by atoms with van der Waals surface area (Å²) in [7, 11) is 0. The minimum atomic E-state index is 0.859. The molecule has 0 unspecified atom stereocenters.